The quantitative estimate of drug-likeness (QED) is 0.161. The van der Waals surface area contributed by atoms with Gasteiger partial charge in [-0.2, -0.15) is 0 Å². The third kappa shape index (κ3) is 5.82. The van der Waals surface area contributed by atoms with E-state index in [0.29, 0.717) is 5.82 Å². The predicted molar refractivity (Wildman–Crippen MR) is 254 cm³/mol. The molecule has 0 saturated heterocycles. The number of hydrogen-bond acceptors (Lipinski definition) is 3. The minimum atomic E-state index is -0.507. The van der Waals surface area contributed by atoms with E-state index in [2.05, 4.69) is 200 Å². The number of nitrogens with zero attached hydrogens (tertiary/aromatic N) is 2. The van der Waals surface area contributed by atoms with Crippen molar-refractivity contribution in [3.63, 3.8) is 0 Å². The monoisotopic (exact) mass is 790 g/mol. The lowest BCUT2D eigenvalue weighted by Crippen LogP contribution is -2.28. The summed E-state index contributed by atoms with van der Waals surface area (Å²) in [5, 5.41) is 2.26. The highest BCUT2D eigenvalue weighted by Gasteiger charge is 2.46. The van der Waals surface area contributed by atoms with Crippen LogP contribution in [0.25, 0.3) is 89.2 Å². The third-order valence-electron chi connectivity index (χ3n) is 12.6. The van der Waals surface area contributed by atoms with E-state index in [1.807, 2.05) is 30.3 Å². The zero-order chi connectivity index (χ0) is 41.0. The van der Waals surface area contributed by atoms with Gasteiger partial charge in [0.05, 0.1) is 16.8 Å². The molecule has 11 aromatic rings. The van der Waals surface area contributed by atoms with Gasteiger partial charge in [0.1, 0.15) is 11.2 Å². The molecule has 0 amide bonds. The number of rotatable bonds is 7. The van der Waals surface area contributed by atoms with Crippen LogP contribution in [0.5, 0.6) is 0 Å². The highest BCUT2D eigenvalue weighted by atomic mass is 16.3. The van der Waals surface area contributed by atoms with Crippen LogP contribution in [-0.4, -0.2) is 9.97 Å². The maximum absolute atomic E-state index is 6.09. The Balaban J connectivity index is 0.965. The summed E-state index contributed by atoms with van der Waals surface area (Å²) in [6, 6.07) is 82.3. The van der Waals surface area contributed by atoms with Crippen LogP contribution in [0.15, 0.2) is 235 Å². The van der Waals surface area contributed by atoms with Crippen molar-refractivity contribution in [3.8, 4) is 67.3 Å². The summed E-state index contributed by atoms with van der Waals surface area (Å²) in [6.45, 7) is 0. The summed E-state index contributed by atoms with van der Waals surface area (Å²) in [6.07, 6.45) is 0. The molecule has 2 heterocycles. The first kappa shape index (κ1) is 35.8. The lowest BCUT2D eigenvalue weighted by Gasteiger charge is -2.34. The number of para-hydroxylation sites is 1. The van der Waals surface area contributed by atoms with Gasteiger partial charge < -0.3 is 4.42 Å². The molecule has 1 aliphatic rings. The van der Waals surface area contributed by atoms with Gasteiger partial charge in [0.2, 0.25) is 0 Å². The molecule has 0 radical (unpaired) electrons. The summed E-state index contributed by atoms with van der Waals surface area (Å²) in [7, 11) is 0. The molecule has 0 bridgehead atoms. The SMILES string of the molecule is c1ccc(-c2nc(-c3cccc(-c4ccc(-c5ccc6oc7ccccc7c6c5)cc4)c3)cc(-c3ccc4c(c3)C(c3ccccc3)(c3ccccc3)c3ccccc3-4)n2)cc1. The largest absolute Gasteiger partial charge is 0.456 e. The second kappa shape index (κ2) is 14.5. The number of benzene rings is 9. The van der Waals surface area contributed by atoms with Gasteiger partial charge >= 0.3 is 0 Å². The zero-order valence-corrected chi connectivity index (χ0v) is 33.7. The molecule has 1 aliphatic carbocycles. The van der Waals surface area contributed by atoms with Crippen LogP contribution in [0.4, 0.5) is 0 Å². The molecule has 0 saturated carbocycles. The van der Waals surface area contributed by atoms with Gasteiger partial charge in [0.15, 0.2) is 5.82 Å². The molecule has 0 aliphatic heterocycles. The molecule has 9 aromatic carbocycles. The Kier molecular flexibility index (Phi) is 8.39. The van der Waals surface area contributed by atoms with E-state index < -0.39 is 5.41 Å². The fraction of sp³-hybridized carbons (Fsp3) is 0.0169. The van der Waals surface area contributed by atoms with Crippen molar-refractivity contribution in [1.29, 1.82) is 0 Å². The summed E-state index contributed by atoms with van der Waals surface area (Å²) in [4.78, 5) is 10.5. The average molecular weight is 791 g/mol. The van der Waals surface area contributed by atoms with E-state index in [-0.39, 0.29) is 0 Å². The van der Waals surface area contributed by atoms with Crippen LogP contribution in [-0.2, 0) is 5.41 Å². The maximum atomic E-state index is 6.09. The first-order valence-electron chi connectivity index (χ1n) is 21.1. The molecule has 0 atom stereocenters. The van der Waals surface area contributed by atoms with Crippen molar-refractivity contribution < 1.29 is 4.42 Å². The first-order chi connectivity index (χ1) is 30.7. The van der Waals surface area contributed by atoms with Crippen molar-refractivity contribution in [2.45, 2.75) is 5.41 Å². The topological polar surface area (TPSA) is 38.9 Å². The number of hydrogen-bond donors (Lipinski definition) is 0. The standard InChI is InChI=1S/C59H38N2O/c1-4-15-41(16-5-1)58-60-54(44-18-14-17-42(35-44)39-27-29-40(30-28-39)43-32-34-57-51(36-43)50-24-11-13-26-56(50)62-57)38-55(61-58)45-31-33-49-48-23-10-12-25-52(48)59(53(49)37-45,46-19-6-2-7-20-46)47-21-8-3-9-22-47/h1-38H. The van der Waals surface area contributed by atoms with Gasteiger partial charge in [-0.3, -0.25) is 0 Å². The minimum Gasteiger partial charge on any atom is -0.456 e. The molecule has 3 heteroatoms. The molecule has 62 heavy (non-hydrogen) atoms. The Bertz CT molecular complexity index is 3400. The van der Waals surface area contributed by atoms with Gasteiger partial charge in [-0.05, 0) is 92.0 Å². The van der Waals surface area contributed by atoms with Gasteiger partial charge in [0.25, 0.3) is 0 Å². The van der Waals surface area contributed by atoms with Crippen LogP contribution in [0, 0.1) is 0 Å². The lowest BCUT2D eigenvalue weighted by molar-refractivity contribution is 0.669. The van der Waals surface area contributed by atoms with Crippen LogP contribution in [0.2, 0.25) is 0 Å². The fourth-order valence-electron chi connectivity index (χ4n) is 9.68. The second-order valence-corrected chi connectivity index (χ2v) is 16.1. The minimum absolute atomic E-state index is 0.507. The molecule has 0 unspecified atom stereocenters. The first-order valence-corrected chi connectivity index (χ1v) is 21.1. The Morgan fingerprint density at radius 1 is 0.306 bits per heavy atom. The van der Waals surface area contributed by atoms with Crippen LogP contribution in [0.1, 0.15) is 22.3 Å². The molecular formula is C59H38N2O. The van der Waals surface area contributed by atoms with E-state index >= 15 is 0 Å². The number of furan rings is 1. The van der Waals surface area contributed by atoms with Crippen molar-refractivity contribution >= 4 is 21.9 Å². The van der Waals surface area contributed by atoms with Crippen molar-refractivity contribution in [3.05, 3.63) is 253 Å². The van der Waals surface area contributed by atoms with E-state index in [1.165, 1.54) is 33.4 Å². The Morgan fingerprint density at radius 2 is 0.823 bits per heavy atom. The fourth-order valence-corrected chi connectivity index (χ4v) is 9.68. The second-order valence-electron chi connectivity index (χ2n) is 16.1. The summed E-state index contributed by atoms with van der Waals surface area (Å²) < 4.78 is 6.09. The predicted octanol–water partition coefficient (Wildman–Crippen LogP) is 15.1. The smallest absolute Gasteiger partial charge is 0.160 e. The highest BCUT2D eigenvalue weighted by Crippen LogP contribution is 2.56. The summed E-state index contributed by atoms with van der Waals surface area (Å²) in [5.41, 5.74) is 18.2. The normalized spacial score (nSPS) is 12.6. The van der Waals surface area contributed by atoms with Crippen molar-refractivity contribution in [1.82, 2.24) is 9.97 Å². The maximum Gasteiger partial charge on any atom is 0.160 e. The molecule has 0 N–H and O–H groups in total. The van der Waals surface area contributed by atoms with Crippen LogP contribution >= 0.6 is 0 Å². The Hall–Kier alpha value is -8.14. The Morgan fingerprint density at radius 3 is 1.55 bits per heavy atom. The highest BCUT2D eigenvalue weighted by molar-refractivity contribution is 6.06. The molecule has 3 nitrogen and oxygen atoms in total. The molecule has 2 aromatic heterocycles. The van der Waals surface area contributed by atoms with Crippen molar-refractivity contribution in [2.75, 3.05) is 0 Å². The molecule has 12 rings (SSSR count). The number of fused-ring (bicyclic) bond motifs is 6. The summed E-state index contributed by atoms with van der Waals surface area (Å²) in [5.74, 6) is 0.691. The average Bonchev–Trinajstić information content (AvgIpc) is 3.88. The lowest BCUT2D eigenvalue weighted by atomic mass is 9.67. The van der Waals surface area contributed by atoms with E-state index in [4.69, 9.17) is 14.4 Å². The van der Waals surface area contributed by atoms with Crippen molar-refractivity contribution in [2.24, 2.45) is 0 Å². The third-order valence-corrected chi connectivity index (χ3v) is 12.6. The van der Waals surface area contributed by atoms with E-state index in [1.54, 1.807) is 0 Å². The Labute approximate surface area is 360 Å². The summed E-state index contributed by atoms with van der Waals surface area (Å²) >= 11 is 0. The molecule has 0 fully saturated rings. The molecule has 290 valence electrons. The van der Waals surface area contributed by atoms with E-state index in [0.717, 1.165) is 72.3 Å². The zero-order valence-electron chi connectivity index (χ0n) is 33.7. The molecule has 0 spiro atoms. The van der Waals surface area contributed by atoms with Crippen LogP contribution in [0.3, 0.4) is 0 Å². The molecular weight excluding hydrogens is 753 g/mol. The van der Waals surface area contributed by atoms with Gasteiger partial charge in [-0.1, -0.05) is 194 Å². The van der Waals surface area contributed by atoms with Gasteiger partial charge in [-0.25, -0.2) is 9.97 Å². The van der Waals surface area contributed by atoms with Crippen LogP contribution < -0.4 is 0 Å². The van der Waals surface area contributed by atoms with E-state index in [9.17, 15) is 0 Å². The van der Waals surface area contributed by atoms with Gasteiger partial charge in [0, 0.05) is 27.5 Å². The number of aromatic nitrogens is 2. The van der Waals surface area contributed by atoms with Gasteiger partial charge in [-0.15, -0.1) is 0 Å².